The summed E-state index contributed by atoms with van der Waals surface area (Å²) < 4.78 is 1.44. The lowest BCUT2D eigenvalue weighted by molar-refractivity contribution is -0.385. The Labute approximate surface area is 74.2 Å². The molecule has 1 heterocycles. The molecule has 13 heavy (non-hydrogen) atoms. The van der Waals surface area contributed by atoms with Crippen LogP contribution < -0.4 is 5.90 Å². The first-order valence-electron chi connectivity index (χ1n) is 3.63. The van der Waals surface area contributed by atoms with E-state index in [-0.39, 0.29) is 12.3 Å². The summed E-state index contributed by atoms with van der Waals surface area (Å²) in [6.07, 6.45) is 1.59. The van der Waals surface area contributed by atoms with E-state index in [9.17, 15) is 10.1 Å². The van der Waals surface area contributed by atoms with Crippen molar-refractivity contribution >= 4 is 5.69 Å². The highest BCUT2D eigenvalue weighted by atomic mass is 16.6. The van der Waals surface area contributed by atoms with Crippen LogP contribution in [0.4, 0.5) is 5.69 Å². The predicted molar refractivity (Wildman–Crippen MR) is 43.7 cm³/mol. The number of nitrogens with two attached hydrogens (primary N) is 1. The normalized spacial score (nSPS) is 10.3. The third-order valence-corrected chi connectivity index (χ3v) is 1.69. The van der Waals surface area contributed by atoms with E-state index in [0.717, 1.165) is 0 Å². The van der Waals surface area contributed by atoms with Crippen LogP contribution in [0.1, 0.15) is 5.69 Å². The van der Waals surface area contributed by atoms with Crippen LogP contribution in [0.2, 0.25) is 0 Å². The molecule has 0 bridgehead atoms. The van der Waals surface area contributed by atoms with E-state index in [1.54, 1.807) is 7.05 Å². The molecule has 7 nitrogen and oxygen atoms in total. The van der Waals surface area contributed by atoms with Gasteiger partial charge in [-0.3, -0.25) is 14.8 Å². The molecule has 0 atom stereocenters. The van der Waals surface area contributed by atoms with Gasteiger partial charge < -0.3 is 4.84 Å². The lowest BCUT2D eigenvalue weighted by atomic mass is 10.3. The van der Waals surface area contributed by atoms with Gasteiger partial charge in [0.25, 0.3) is 0 Å². The Bertz CT molecular complexity index is 309. The van der Waals surface area contributed by atoms with Gasteiger partial charge in [-0.15, -0.1) is 0 Å². The molecule has 1 aromatic rings. The molecule has 0 aliphatic carbocycles. The second-order valence-corrected chi connectivity index (χ2v) is 2.48. The van der Waals surface area contributed by atoms with Crippen molar-refractivity contribution < 1.29 is 9.76 Å². The molecule has 0 aliphatic heterocycles. The molecule has 7 heteroatoms. The summed E-state index contributed by atoms with van der Waals surface area (Å²) in [5.74, 6) is 4.82. The monoisotopic (exact) mass is 186 g/mol. The second-order valence-electron chi connectivity index (χ2n) is 2.48. The molecular weight excluding hydrogens is 176 g/mol. The van der Waals surface area contributed by atoms with Crippen molar-refractivity contribution in [2.24, 2.45) is 12.9 Å². The van der Waals surface area contributed by atoms with Crippen molar-refractivity contribution in [1.29, 1.82) is 0 Å². The minimum atomic E-state index is -0.473. The molecule has 1 aromatic heterocycles. The van der Waals surface area contributed by atoms with Crippen LogP contribution >= 0.6 is 0 Å². The highest BCUT2D eigenvalue weighted by Crippen LogP contribution is 2.16. The summed E-state index contributed by atoms with van der Waals surface area (Å²) in [5.41, 5.74) is 0.509. The van der Waals surface area contributed by atoms with Crippen LogP contribution in [0.3, 0.4) is 0 Å². The number of aryl methyl sites for hydroxylation is 1. The van der Waals surface area contributed by atoms with E-state index in [0.29, 0.717) is 12.1 Å². The zero-order valence-electron chi connectivity index (χ0n) is 7.14. The van der Waals surface area contributed by atoms with E-state index in [1.165, 1.54) is 10.9 Å². The van der Waals surface area contributed by atoms with E-state index >= 15 is 0 Å². The molecule has 0 radical (unpaired) electrons. The van der Waals surface area contributed by atoms with Crippen molar-refractivity contribution in [3.8, 4) is 0 Å². The molecule has 0 saturated carbocycles. The molecule has 2 N–H and O–H groups in total. The third kappa shape index (κ3) is 2.01. The quantitative estimate of drug-likeness (QED) is 0.517. The summed E-state index contributed by atoms with van der Waals surface area (Å²) in [5, 5.41) is 14.2. The molecule has 0 unspecified atom stereocenters. The number of nitrogens with zero attached hydrogens (tertiary/aromatic N) is 3. The van der Waals surface area contributed by atoms with Crippen molar-refractivity contribution in [2.75, 3.05) is 6.61 Å². The lowest BCUT2D eigenvalue weighted by Crippen LogP contribution is -2.08. The maximum Gasteiger partial charge on any atom is 0.310 e. The first-order chi connectivity index (χ1) is 6.16. The average molecular weight is 186 g/mol. The summed E-state index contributed by atoms with van der Waals surface area (Å²) in [4.78, 5) is 14.3. The Morgan fingerprint density at radius 3 is 3.08 bits per heavy atom. The fourth-order valence-electron chi connectivity index (χ4n) is 1.05. The topological polar surface area (TPSA) is 96.2 Å². The van der Waals surface area contributed by atoms with Gasteiger partial charge in [-0.05, 0) is 0 Å². The standard InChI is InChI=1S/C6H10N4O3/c1-9-5(2-3-13-7)6(4-8-9)10(11)12/h4H,2-3,7H2,1H3. The highest BCUT2D eigenvalue weighted by molar-refractivity contribution is 5.32. The van der Waals surface area contributed by atoms with Gasteiger partial charge in [-0.2, -0.15) is 5.10 Å². The Balaban J connectivity index is 2.88. The van der Waals surface area contributed by atoms with Crippen LogP contribution in [-0.2, 0) is 18.3 Å². The van der Waals surface area contributed by atoms with E-state index in [4.69, 9.17) is 5.90 Å². The first-order valence-corrected chi connectivity index (χ1v) is 3.63. The molecular formula is C6H10N4O3. The molecule has 0 amide bonds. The number of aromatic nitrogens is 2. The molecule has 0 aliphatic rings. The van der Waals surface area contributed by atoms with E-state index < -0.39 is 4.92 Å². The maximum atomic E-state index is 10.5. The van der Waals surface area contributed by atoms with Crippen LogP contribution in [0.25, 0.3) is 0 Å². The minimum absolute atomic E-state index is 0.000417. The Kier molecular flexibility index (Phi) is 2.93. The SMILES string of the molecule is Cn1ncc([N+](=O)[O-])c1CCON. The van der Waals surface area contributed by atoms with Crippen molar-refractivity contribution in [3.05, 3.63) is 22.0 Å². The van der Waals surface area contributed by atoms with Gasteiger partial charge in [0.1, 0.15) is 11.9 Å². The van der Waals surface area contributed by atoms with Gasteiger partial charge >= 0.3 is 5.69 Å². The van der Waals surface area contributed by atoms with Crippen LogP contribution in [0.5, 0.6) is 0 Å². The Hall–Kier alpha value is -1.47. The third-order valence-electron chi connectivity index (χ3n) is 1.69. The largest absolute Gasteiger partial charge is 0.310 e. The highest BCUT2D eigenvalue weighted by Gasteiger charge is 2.17. The minimum Gasteiger partial charge on any atom is -0.304 e. The summed E-state index contributed by atoms with van der Waals surface area (Å²) >= 11 is 0. The van der Waals surface area contributed by atoms with Crippen LogP contribution in [-0.4, -0.2) is 21.3 Å². The van der Waals surface area contributed by atoms with E-state index in [2.05, 4.69) is 9.94 Å². The van der Waals surface area contributed by atoms with Gasteiger partial charge in [0.15, 0.2) is 0 Å². The lowest BCUT2D eigenvalue weighted by Gasteiger charge is -1.99. The number of hydrogen-bond acceptors (Lipinski definition) is 5. The smallest absolute Gasteiger partial charge is 0.304 e. The second kappa shape index (κ2) is 3.97. The van der Waals surface area contributed by atoms with Gasteiger partial charge in [-0.1, -0.05) is 0 Å². The first kappa shape index (κ1) is 9.62. The molecule has 72 valence electrons. The summed E-state index contributed by atoms with van der Waals surface area (Å²) in [6, 6.07) is 0. The van der Waals surface area contributed by atoms with Gasteiger partial charge in [0.2, 0.25) is 0 Å². The fraction of sp³-hybridized carbons (Fsp3) is 0.500. The van der Waals surface area contributed by atoms with Crippen LogP contribution in [0, 0.1) is 10.1 Å². The Morgan fingerprint density at radius 1 is 1.85 bits per heavy atom. The number of hydrogen-bond donors (Lipinski definition) is 1. The maximum absolute atomic E-state index is 10.5. The predicted octanol–water partition coefficient (Wildman–Crippen LogP) is -0.239. The molecule has 0 fully saturated rings. The van der Waals surface area contributed by atoms with E-state index in [1.807, 2.05) is 0 Å². The molecule has 0 saturated heterocycles. The van der Waals surface area contributed by atoms with Gasteiger partial charge in [-0.25, -0.2) is 5.90 Å². The molecule has 1 rings (SSSR count). The zero-order valence-corrected chi connectivity index (χ0v) is 7.14. The summed E-state index contributed by atoms with van der Waals surface area (Å²) in [7, 11) is 1.64. The average Bonchev–Trinajstić information content (AvgIpc) is 2.43. The van der Waals surface area contributed by atoms with Crippen LogP contribution in [0.15, 0.2) is 6.20 Å². The number of rotatable bonds is 4. The van der Waals surface area contributed by atoms with Crippen molar-refractivity contribution in [2.45, 2.75) is 6.42 Å². The van der Waals surface area contributed by atoms with Crippen molar-refractivity contribution in [1.82, 2.24) is 9.78 Å². The van der Waals surface area contributed by atoms with Gasteiger partial charge in [0.05, 0.1) is 11.5 Å². The summed E-state index contributed by atoms with van der Waals surface area (Å²) in [6.45, 7) is 0.236. The molecule has 0 spiro atoms. The zero-order chi connectivity index (χ0) is 9.84. The fourth-order valence-corrected chi connectivity index (χ4v) is 1.05. The van der Waals surface area contributed by atoms with Gasteiger partial charge in [0, 0.05) is 13.5 Å². The van der Waals surface area contributed by atoms with Crippen molar-refractivity contribution in [3.63, 3.8) is 0 Å². The molecule has 0 aromatic carbocycles. The number of nitro groups is 1. The Morgan fingerprint density at radius 2 is 2.54 bits per heavy atom.